The zero-order chi connectivity index (χ0) is 24.5. The summed E-state index contributed by atoms with van der Waals surface area (Å²) in [6.07, 6.45) is -1.24. The molecule has 0 heterocycles. The van der Waals surface area contributed by atoms with Gasteiger partial charge in [-0.1, -0.05) is 54.6 Å². The summed E-state index contributed by atoms with van der Waals surface area (Å²) < 4.78 is 37.3. The van der Waals surface area contributed by atoms with E-state index in [0.717, 1.165) is 34.4 Å². The number of nitrogens with one attached hydrogen (secondary N) is 1. The minimum Gasteiger partial charge on any atom is -0.506 e. The first-order valence-corrected chi connectivity index (χ1v) is 11.7. The van der Waals surface area contributed by atoms with Crippen LogP contribution < -0.4 is 5.32 Å². The average Bonchev–Trinajstić information content (AvgIpc) is 3.11. The number of rotatable bonds is 7. The molecule has 3 aromatic carbocycles. The second-order valence-electron chi connectivity index (χ2n) is 7.84. The third-order valence-electron chi connectivity index (χ3n) is 5.68. The van der Waals surface area contributed by atoms with Crippen molar-refractivity contribution in [2.24, 2.45) is 0 Å². The van der Waals surface area contributed by atoms with Gasteiger partial charge in [0.1, 0.15) is 23.3 Å². The molecule has 4 N–H and O–H groups in total. The molecule has 176 valence electrons. The molecule has 10 heteroatoms. The summed E-state index contributed by atoms with van der Waals surface area (Å²) in [6.45, 7) is -0.00167. The van der Waals surface area contributed by atoms with Crippen molar-refractivity contribution in [3.8, 4) is 16.9 Å². The minimum atomic E-state index is -4.71. The molecular formula is C24H21NO8S. The van der Waals surface area contributed by atoms with Crippen molar-refractivity contribution in [1.29, 1.82) is 0 Å². The lowest BCUT2D eigenvalue weighted by atomic mass is 9.98. The van der Waals surface area contributed by atoms with Gasteiger partial charge in [-0.05, 0) is 39.9 Å². The van der Waals surface area contributed by atoms with Crippen molar-refractivity contribution >= 4 is 22.2 Å². The molecule has 0 aliphatic heterocycles. The van der Waals surface area contributed by atoms with Gasteiger partial charge in [0.15, 0.2) is 0 Å². The number of ether oxygens (including phenoxy) is 1. The fraction of sp³-hybridized carbons (Fsp3) is 0.167. The highest BCUT2D eigenvalue weighted by Gasteiger charge is 2.30. The summed E-state index contributed by atoms with van der Waals surface area (Å²) in [7, 11) is -4.71. The van der Waals surface area contributed by atoms with Gasteiger partial charge in [-0.2, -0.15) is 8.42 Å². The van der Waals surface area contributed by atoms with Crippen LogP contribution >= 0.6 is 0 Å². The smallest absolute Gasteiger partial charge is 0.407 e. The van der Waals surface area contributed by atoms with Gasteiger partial charge in [-0.3, -0.25) is 4.55 Å². The maximum atomic E-state index is 12.4. The number of phenols is 1. The second kappa shape index (κ2) is 9.16. The van der Waals surface area contributed by atoms with Crippen molar-refractivity contribution in [1.82, 2.24) is 5.32 Å². The van der Waals surface area contributed by atoms with Crippen LogP contribution in [0.15, 0.2) is 71.6 Å². The Morgan fingerprint density at radius 1 is 0.971 bits per heavy atom. The number of carbonyl (C=O) groups is 2. The Morgan fingerprint density at radius 3 is 2.12 bits per heavy atom. The van der Waals surface area contributed by atoms with E-state index in [4.69, 9.17) is 4.74 Å². The number of fused-ring (bicyclic) bond motifs is 3. The first-order chi connectivity index (χ1) is 16.1. The van der Waals surface area contributed by atoms with Crippen molar-refractivity contribution < 1.29 is 37.5 Å². The molecule has 0 saturated heterocycles. The van der Waals surface area contributed by atoms with Gasteiger partial charge < -0.3 is 20.3 Å². The predicted molar refractivity (Wildman–Crippen MR) is 121 cm³/mol. The summed E-state index contributed by atoms with van der Waals surface area (Å²) in [5.41, 5.74) is 4.29. The molecular weight excluding hydrogens is 462 g/mol. The lowest BCUT2D eigenvalue weighted by molar-refractivity contribution is -0.139. The molecule has 3 aromatic rings. The Bertz CT molecular complexity index is 1320. The average molecular weight is 483 g/mol. The van der Waals surface area contributed by atoms with Gasteiger partial charge in [0.2, 0.25) is 0 Å². The van der Waals surface area contributed by atoms with Crippen LogP contribution in [0.1, 0.15) is 22.6 Å². The van der Waals surface area contributed by atoms with Gasteiger partial charge in [0.25, 0.3) is 10.1 Å². The lowest BCUT2D eigenvalue weighted by Gasteiger charge is -2.18. The summed E-state index contributed by atoms with van der Waals surface area (Å²) in [5, 5.41) is 21.4. The molecule has 0 bridgehead atoms. The van der Waals surface area contributed by atoms with Gasteiger partial charge in [-0.25, -0.2) is 9.59 Å². The molecule has 0 radical (unpaired) electrons. The molecule has 1 atom stereocenters. The number of alkyl carbamates (subject to hydrolysis) is 1. The Kier molecular flexibility index (Phi) is 6.27. The van der Waals surface area contributed by atoms with E-state index in [2.05, 4.69) is 5.32 Å². The maximum Gasteiger partial charge on any atom is 0.407 e. The molecule has 1 amide bonds. The van der Waals surface area contributed by atoms with Crippen molar-refractivity contribution in [3.05, 3.63) is 83.4 Å². The van der Waals surface area contributed by atoms with E-state index >= 15 is 0 Å². The van der Waals surface area contributed by atoms with Crippen LogP contribution in [0.3, 0.4) is 0 Å². The zero-order valence-electron chi connectivity index (χ0n) is 17.7. The first kappa shape index (κ1) is 23.3. The zero-order valence-corrected chi connectivity index (χ0v) is 18.5. The number of amides is 1. The summed E-state index contributed by atoms with van der Waals surface area (Å²) in [5.74, 6) is -2.24. The summed E-state index contributed by atoms with van der Waals surface area (Å²) in [6, 6.07) is 17.4. The van der Waals surface area contributed by atoms with Crippen LogP contribution in [0.4, 0.5) is 4.79 Å². The summed E-state index contributed by atoms with van der Waals surface area (Å²) in [4.78, 5) is 23.4. The van der Waals surface area contributed by atoms with E-state index in [1.54, 1.807) is 0 Å². The van der Waals surface area contributed by atoms with Crippen molar-refractivity contribution in [2.45, 2.75) is 23.3 Å². The van der Waals surface area contributed by atoms with Crippen LogP contribution in [-0.2, 0) is 26.1 Å². The van der Waals surface area contributed by atoms with E-state index in [0.29, 0.717) is 0 Å². The number of carboxylic acid groups (broad SMARTS) is 1. The maximum absolute atomic E-state index is 12.4. The van der Waals surface area contributed by atoms with Crippen LogP contribution in [0.2, 0.25) is 0 Å². The molecule has 0 saturated carbocycles. The lowest BCUT2D eigenvalue weighted by Crippen LogP contribution is -2.42. The number of carbonyl (C=O) groups excluding carboxylic acids is 1. The van der Waals surface area contributed by atoms with E-state index in [1.165, 1.54) is 6.07 Å². The highest BCUT2D eigenvalue weighted by Crippen LogP contribution is 2.44. The third-order valence-corrected chi connectivity index (χ3v) is 6.56. The Morgan fingerprint density at radius 2 is 1.56 bits per heavy atom. The van der Waals surface area contributed by atoms with Crippen LogP contribution in [0.25, 0.3) is 11.1 Å². The Hall–Kier alpha value is -3.89. The predicted octanol–water partition coefficient (Wildman–Crippen LogP) is 3.17. The SMILES string of the molecule is O=C(N[C@@H](Cc1ccc(O)c(S(=O)(=O)O)c1)C(=O)O)OCC1c2ccccc2-c2ccccc21. The molecule has 9 nitrogen and oxygen atoms in total. The Balaban J connectivity index is 1.45. The van der Waals surface area contributed by atoms with E-state index in [-0.39, 0.29) is 24.5 Å². The first-order valence-electron chi connectivity index (χ1n) is 10.3. The number of benzene rings is 3. The number of phenolic OH excluding ortho intramolecular Hbond substituents is 1. The van der Waals surface area contributed by atoms with Crippen LogP contribution in [0.5, 0.6) is 5.75 Å². The fourth-order valence-electron chi connectivity index (χ4n) is 4.11. The summed E-state index contributed by atoms with van der Waals surface area (Å²) >= 11 is 0. The van der Waals surface area contributed by atoms with Crippen molar-refractivity contribution in [2.75, 3.05) is 6.61 Å². The number of aromatic hydroxyl groups is 1. The van der Waals surface area contributed by atoms with E-state index in [9.17, 15) is 32.8 Å². The molecule has 34 heavy (non-hydrogen) atoms. The van der Waals surface area contributed by atoms with E-state index < -0.39 is 38.9 Å². The van der Waals surface area contributed by atoms with Crippen LogP contribution in [0, 0.1) is 0 Å². The number of hydrogen-bond donors (Lipinski definition) is 4. The largest absolute Gasteiger partial charge is 0.506 e. The highest BCUT2D eigenvalue weighted by atomic mass is 32.2. The molecule has 1 aliphatic rings. The van der Waals surface area contributed by atoms with Gasteiger partial charge in [-0.15, -0.1) is 0 Å². The number of carboxylic acids is 1. The number of hydrogen-bond acceptors (Lipinski definition) is 6. The molecule has 1 aliphatic carbocycles. The monoisotopic (exact) mass is 483 g/mol. The topological polar surface area (TPSA) is 150 Å². The van der Waals surface area contributed by atoms with Gasteiger partial charge in [0.05, 0.1) is 0 Å². The normalized spacial score (nSPS) is 13.6. The minimum absolute atomic E-state index is 0.00167. The van der Waals surface area contributed by atoms with Crippen LogP contribution in [-0.4, -0.2) is 47.9 Å². The third kappa shape index (κ3) is 4.73. The van der Waals surface area contributed by atoms with Gasteiger partial charge in [0, 0.05) is 12.3 Å². The standard InChI is InChI=1S/C24H21NO8S/c26-21-10-9-14(12-22(21)34(30,31)32)11-20(23(27)28)25-24(29)33-13-19-17-7-3-1-5-15(17)16-6-2-4-8-18(16)19/h1-10,12,19-20,26H,11,13H2,(H,25,29)(H,27,28)(H,30,31,32)/t20-/m0/s1. The molecule has 0 fully saturated rings. The highest BCUT2D eigenvalue weighted by molar-refractivity contribution is 7.86. The fourth-order valence-corrected chi connectivity index (χ4v) is 4.74. The number of aliphatic carboxylic acids is 1. The molecule has 0 spiro atoms. The molecule has 0 aromatic heterocycles. The second-order valence-corrected chi connectivity index (χ2v) is 9.23. The molecule has 0 unspecified atom stereocenters. The van der Waals surface area contributed by atoms with Crippen molar-refractivity contribution in [3.63, 3.8) is 0 Å². The van der Waals surface area contributed by atoms with E-state index in [1.807, 2.05) is 48.5 Å². The quantitative estimate of drug-likeness (QED) is 0.374. The Labute approximate surface area is 195 Å². The van der Waals surface area contributed by atoms with Gasteiger partial charge >= 0.3 is 12.1 Å². The molecule has 4 rings (SSSR count).